The van der Waals surface area contributed by atoms with Crippen LogP contribution in [0.25, 0.3) is 21.9 Å². The fourth-order valence-corrected chi connectivity index (χ4v) is 4.94. The van der Waals surface area contributed by atoms with Crippen molar-refractivity contribution in [1.82, 2.24) is 0 Å². The molecule has 3 aromatic rings. The van der Waals surface area contributed by atoms with Crippen molar-refractivity contribution in [3.05, 3.63) is 34.5 Å². The van der Waals surface area contributed by atoms with E-state index in [2.05, 4.69) is 0 Å². The Morgan fingerprint density at radius 1 is 0.814 bits per heavy atom. The molecule has 0 amide bonds. The number of benzene rings is 2. The summed E-state index contributed by atoms with van der Waals surface area (Å²) >= 11 is 0. The number of aliphatic hydroxyl groups is 6. The van der Waals surface area contributed by atoms with Gasteiger partial charge in [0.15, 0.2) is 12.0 Å². The molecule has 236 valence electrons. The first-order valence-corrected chi connectivity index (χ1v) is 13.2. The number of phenolic OH excluding ortho intramolecular Hbond substituents is 1. The normalized spacial score (nSPS) is 33.0. The van der Waals surface area contributed by atoms with Crippen molar-refractivity contribution >= 4 is 21.9 Å². The molecule has 0 spiro atoms. The van der Waals surface area contributed by atoms with E-state index in [1.807, 2.05) is 0 Å². The second-order valence-corrected chi connectivity index (χ2v) is 10.1. The van der Waals surface area contributed by atoms with Crippen molar-refractivity contribution in [2.24, 2.45) is 0 Å². The Kier molecular flexibility index (Phi) is 8.96. The number of phenols is 1. The summed E-state index contributed by atoms with van der Waals surface area (Å²) in [7, 11) is 2.66. The highest BCUT2D eigenvalue weighted by Gasteiger charge is 2.51. The Morgan fingerprint density at radius 2 is 1.56 bits per heavy atom. The van der Waals surface area contributed by atoms with Crippen LogP contribution in [0.5, 0.6) is 23.0 Å². The summed E-state index contributed by atoms with van der Waals surface area (Å²) in [5, 5.41) is 71.7. The summed E-state index contributed by atoms with van der Waals surface area (Å²) in [6.07, 6.45) is -15.5. The van der Waals surface area contributed by atoms with Gasteiger partial charge in [0.05, 0.1) is 32.3 Å². The lowest BCUT2D eigenvalue weighted by Gasteiger charge is -2.45. The van der Waals surface area contributed by atoms with Gasteiger partial charge in [-0.2, -0.15) is 4.89 Å². The summed E-state index contributed by atoms with van der Waals surface area (Å²) in [6.45, 7) is 0.686. The average molecular weight is 613 g/mol. The van der Waals surface area contributed by atoms with Crippen molar-refractivity contribution in [2.45, 2.75) is 68.3 Å². The van der Waals surface area contributed by atoms with Gasteiger partial charge in [-0.05, 0) is 13.0 Å². The maximum Gasteiger partial charge on any atom is 0.232 e. The van der Waals surface area contributed by atoms with Crippen molar-refractivity contribution < 1.29 is 73.6 Å². The van der Waals surface area contributed by atoms with Gasteiger partial charge in [-0.15, -0.1) is 0 Å². The van der Waals surface area contributed by atoms with E-state index in [1.165, 1.54) is 45.4 Å². The van der Waals surface area contributed by atoms with E-state index in [4.69, 9.17) is 37.9 Å². The fraction of sp³-hybridized carbons (Fsp3) is 0.519. The first-order valence-electron chi connectivity index (χ1n) is 13.2. The van der Waals surface area contributed by atoms with Crippen molar-refractivity contribution in [3.8, 4) is 23.0 Å². The first-order chi connectivity index (χ1) is 20.5. The molecule has 0 radical (unpaired) electrons. The predicted octanol–water partition coefficient (Wildman–Crippen LogP) is -1.37. The summed E-state index contributed by atoms with van der Waals surface area (Å²) in [4.78, 5) is 24.0. The smallest absolute Gasteiger partial charge is 0.232 e. The molecule has 5 rings (SSSR count). The van der Waals surface area contributed by atoms with E-state index in [1.54, 1.807) is 0 Å². The molecule has 2 aliphatic heterocycles. The largest absolute Gasteiger partial charge is 0.507 e. The van der Waals surface area contributed by atoms with Gasteiger partial charge in [0.1, 0.15) is 70.8 Å². The Morgan fingerprint density at radius 3 is 2.23 bits per heavy atom. The SMILES string of the molecule is COc1cc(O)c2c(=O)c3cc(OC)c(OO[C@H]4O[C@H](CO)[C@@H](O)[C@H](O)[C@H]4O[C@@H]4O[C@H](C)[C@@H](O)[C@H](O)[C@@H]4O)cc3oc2c1. The maximum absolute atomic E-state index is 13.2. The second-order valence-electron chi connectivity index (χ2n) is 10.1. The summed E-state index contributed by atoms with van der Waals surface area (Å²) in [5.41, 5.74) is -0.543. The predicted molar refractivity (Wildman–Crippen MR) is 141 cm³/mol. The van der Waals surface area contributed by atoms with E-state index >= 15 is 0 Å². The lowest BCUT2D eigenvalue weighted by Crippen LogP contribution is -2.64. The minimum atomic E-state index is -1.78. The van der Waals surface area contributed by atoms with E-state index < -0.39 is 73.4 Å². The standard InChI is InChI=1S/C27H32O16/c1-9-19(30)22(33)24(35)26(38-9)41-25-23(34)21(32)17(8-28)40-27(25)43-42-15-7-13-11(6-14(15)37-3)20(31)18-12(29)4-10(36-2)5-16(18)39-13/h4-7,9,17,19,21-30,32-35H,8H2,1-3H3/t9-,17-,19-,21-,22+,23+,24+,25-,26+,27-/m1/s1. The highest BCUT2D eigenvalue weighted by atomic mass is 17.2. The molecule has 16 nitrogen and oxygen atoms in total. The van der Waals surface area contributed by atoms with Gasteiger partial charge in [-0.1, -0.05) is 0 Å². The monoisotopic (exact) mass is 612 g/mol. The molecular formula is C27H32O16. The molecule has 10 atom stereocenters. The third-order valence-corrected chi connectivity index (χ3v) is 7.40. The second kappa shape index (κ2) is 12.4. The maximum atomic E-state index is 13.2. The van der Waals surface area contributed by atoms with Crippen molar-refractivity contribution in [2.75, 3.05) is 20.8 Å². The van der Waals surface area contributed by atoms with Crippen LogP contribution in [-0.2, 0) is 19.1 Å². The van der Waals surface area contributed by atoms with Crippen LogP contribution in [0, 0.1) is 0 Å². The Hall–Kier alpha value is -3.29. The zero-order valence-electron chi connectivity index (χ0n) is 23.1. The van der Waals surface area contributed by atoms with Gasteiger partial charge in [-0.25, -0.2) is 0 Å². The van der Waals surface area contributed by atoms with E-state index in [9.17, 15) is 40.5 Å². The van der Waals surface area contributed by atoms with Crippen LogP contribution in [0.1, 0.15) is 6.92 Å². The quantitative estimate of drug-likeness (QED) is 0.0882. The van der Waals surface area contributed by atoms with Crippen LogP contribution in [0.15, 0.2) is 33.5 Å². The van der Waals surface area contributed by atoms with Crippen LogP contribution < -0.4 is 19.8 Å². The molecule has 7 N–H and O–H groups in total. The molecule has 3 heterocycles. The lowest BCUT2D eigenvalue weighted by atomic mass is 9.97. The van der Waals surface area contributed by atoms with E-state index in [0.29, 0.717) is 0 Å². The summed E-state index contributed by atoms with van der Waals surface area (Å²) in [5.74, 6) is -0.273. The van der Waals surface area contributed by atoms with Gasteiger partial charge in [0.2, 0.25) is 17.5 Å². The first kappa shape index (κ1) is 31.1. The molecule has 0 aliphatic carbocycles. The molecule has 0 unspecified atom stereocenters. The fourth-order valence-electron chi connectivity index (χ4n) is 4.94. The number of fused-ring (bicyclic) bond motifs is 2. The number of hydrogen-bond donors (Lipinski definition) is 7. The topological polar surface area (TPSA) is 236 Å². The third-order valence-electron chi connectivity index (χ3n) is 7.40. The molecule has 2 fully saturated rings. The molecule has 0 bridgehead atoms. The number of aliphatic hydroxyl groups excluding tert-OH is 6. The zero-order valence-corrected chi connectivity index (χ0v) is 23.1. The number of aromatic hydroxyl groups is 1. The minimum absolute atomic E-state index is 0.00543. The number of hydrogen-bond acceptors (Lipinski definition) is 16. The van der Waals surface area contributed by atoms with Crippen LogP contribution in [0.4, 0.5) is 0 Å². The Balaban J connectivity index is 1.45. The number of rotatable bonds is 8. The van der Waals surface area contributed by atoms with Gasteiger partial charge in [0, 0.05) is 18.2 Å². The number of ether oxygens (including phenoxy) is 5. The van der Waals surface area contributed by atoms with Crippen LogP contribution in [-0.4, -0.2) is 118 Å². The summed E-state index contributed by atoms with van der Waals surface area (Å²) in [6, 6.07) is 5.22. The highest BCUT2D eigenvalue weighted by Crippen LogP contribution is 2.37. The zero-order chi connectivity index (χ0) is 31.2. The molecule has 43 heavy (non-hydrogen) atoms. The molecule has 0 saturated carbocycles. The highest BCUT2D eigenvalue weighted by molar-refractivity contribution is 5.95. The Bertz CT molecular complexity index is 1510. The van der Waals surface area contributed by atoms with Crippen LogP contribution in [0.3, 0.4) is 0 Å². The molecular weight excluding hydrogens is 580 g/mol. The molecule has 2 aromatic carbocycles. The lowest BCUT2D eigenvalue weighted by molar-refractivity contribution is -0.413. The summed E-state index contributed by atoms with van der Waals surface area (Å²) < 4.78 is 32.9. The molecule has 1 aromatic heterocycles. The van der Waals surface area contributed by atoms with Crippen molar-refractivity contribution in [1.29, 1.82) is 0 Å². The van der Waals surface area contributed by atoms with Gasteiger partial charge in [-0.3, -0.25) is 4.79 Å². The van der Waals surface area contributed by atoms with Crippen LogP contribution >= 0.6 is 0 Å². The molecule has 2 saturated heterocycles. The van der Waals surface area contributed by atoms with Gasteiger partial charge in [0.25, 0.3) is 0 Å². The van der Waals surface area contributed by atoms with E-state index in [0.717, 1.165) is 0 Å². The van der Waals surface area contributed by atoms with Crippen LogP contribution in [0.2, 0.25) is 0 Å². The third kappa shape index (κ3) is 5.69. The minimum Gasteiger partial charge on any atom is -0.507 e. The average Bonchev–Trinajstić information content (AvgIpc) is 2.99. The van der Waals surface area contributed by atoms with Gasteiger partial charge >= 0.3 is 0 Å². The molecule has 2 aliphatic rings. The van der Waals surface area contributed by atoms with E-state index in [-0.39, 0.29) is 44.9 Å². The molecule has 16 heteroatoms. The number of methoxy groups -OCH3 is 2. The van der Waals surface area contributed by atoms with Gasteiger partial charge < -0.3 is 68.7 Å². The van der Waals surface area contributed by atoms with Crippen molar-refractivity contribution in [3.63, 3.8) is 0 Å². The Labute approximate surface area is 242 Å².